The molecule has 1 fully saturated rings. The van der Waals surface area contributed by atoms with Crippen molar-refractivity contribution in [3.05, 3.63) is 29.1 Å². The molecule has 0 radical (unpaired) electrons. The number of rotatable bonds is 4. The zero-order chi connectivity index (χ0) is 12.3. The maximum atomic E-state index is 13.7. The average molecular weight is 239 g/mol. The Morgan fingerprint density at radius 2 is 2.24 bits per heavy atom. The smallest absolute Gasteiger partial charge is 0.165 e. The lowest BCUT2D eigenvalue weighted by molar-refractivity contribution is 0.183. The van der Waals surface area contributed by atoms with Gasteiger partial charge in [-0.05, 0) is 42.1 Å². The van der Waals surface area contributed by atoms with Crippen LogP contribution in [0.1, 0.15) is 23.5 Å². The molecule has 0 aromatic heterocycles. The van der Waals surface area contributed by atoms with Crippen molar-refractivity contribution in [2.45, 2.75) is 18.9 Å². The van der Waals surface area contributed by atoms with Crippen molar-refractivity contribution in [2.24, 2.45) is 0 Å². The minimum absolute atomic E-state index is 0.284. The normalized spacial score (nSPS) is 19.6. The molecule has 0 bridgehead atoms. The molecule has 1 heterocycles. The maximum Gasteiger partial charge on any atom is 0.165 e. The molecule has 1 aromatic carbocycles. The fourth-order valence-electron chi connectivity index (χ4n) is 2.35. The van der Waals surface area contributed by atoms with Crippen LogP contribution in [0, 0.1) is 5.82 Å². The van der Waals surface area contributed by atoms with Crippen molar-refractivity contribution in [1.29, 1.82) is 0 Å². The molecule has 0 saturated carbocycles. The minimum Gasteiger partial charge on any atom is -0.494 e. The molecule has 0 amide bonds. The molecule has 1 saturated heterocycles. The summed E-state index contributed by atoms with van der Waals surface area (Å²) in [4.78, 5) is 0. The highest BCUT2D eigenvalue weighted by Gasteiger charge is 2.21. The second kappa shape index (κ2) is 5.47. The van der Waals surface area contributed by atoms with Gasteiger partial charge in [-0.1, -0.05) is 0 Å². The summed E-state index contributed by atoms with van der Waals surface area (Å²) in [5, 5.41) is 3.29. The molecule has 94 valence electrons. The molecule has 1 N–H and O–H groups in total. The largest absolute Gasteiger partial charge is 0.494 e. The highest BCUT2D eigenvalue weighted by molar-refractivity contribution is 5.39. The van der Waals surface area contributed by atoms with Gasteiger partial charge in [-0.15, -0.1) is 0 Å². The van der Waals surface area contributed by atoms with Crippen LogP contribution in [0.4, 0.5) is 4.39 Å². The third-order valence-corrected chi connectivity index (χ3v) is 3.21. The summed E-state index contributed by atoms with van der Waals surface area (Å²) in [5.41, 5.74) is 2.05. The second-order valence-electron chi connectivity index (χ2n) is 4.31. The number of hydrogen-bond acceptors (Lipinski definition) is 3. The van der Waals surface area contributed by atoms with Gasteiger partial charge in [-0.2, -0.15) is 0 Å². The lowest BCUT2D eigenvalue weighted by Gasteiger charge is -2.16. The van der Waals surface area contributed by atoms with Gasteiger partial charge in [0.25, 0.3) is 0 Å². The zero-order valence-electron chi connectivity index (χ0n) is 10.3. The van der Waals surface area contributed by atoms with Crippen molar-refractivity contribution in [2.75, 3.05) is 27.3 Å². The lowest BCUT2D eigenvalue weighted by atomic mass is 9.93. The summed E-state index contributed by atoms with van der Waals surface area (Å²) >= 11 is 0. The zero-order valence-corrected chi connectivity index (χ0v) is 10.3. The fourth-order valence-corrected chi connectivity index (χ4v) is 2.35. The predicted molar refractivity (Wildman–Crippen MR) is 63.9 cm³/mol. The van der Waals surface area contributed by atoms with Crippen molar-refractivity contribution >= 4 is 0 Å². The summed E-state index contributed by atoms with van der Waals surface area (Å²) in [6.07, 6.45) is 1.04. The predicted octanol–water partition coefficient (Wildman–Crippen LogP) is 2.06. The summed E-state index contributed by atoms with van der Waals surface area (Å²) in [5.74, 6) is 0.363. The van der Waals surface area contributed by atoms with E-state index in [9.17, 15) is 4.39 Å². The first kappa shape index (κ1) is 12.3. The Labute approximate surface area is 101 Å². The van der Waals surface area contributed by atoms with E-state index in [4.69, 9.17) is 9.47 Å². The number of ether oxygens (including phenoxy) is 2. The number of hydrogen-bond donors (Lipinski definition) is 1. The van der Waals surface area contributed by atoms with Crippen LogP contribution in [0.15, 0.2) is 12.1 Å². The molecule has 3 nitrogen and oxygen atoms in total. The van der Waals surface area contributed by atoms with E-state index in [1.54, 1.807) is 19.2 Å². The van der Waals surface area contributed by atoms with E-state index in [0.717, 1.165) is 30.6 Å². The lowest BCUT2D eigenvalue weighted by Crippen LogP contribution is -2.10. The summed E-state index contributed by atoms with van der Waals surface area (Å²) < 4.78 is 23.9. The SMILES string of the molecule is COCc1cc(OC)c(F)cc1C1CCNC1. The molecule has 1 atom stereocenters. The number of methoxy groups -OCH3 is 2. The van der Waals surface area contributed by atoms with E-state index in [1.165, 1.54) is 7.11 Å². The van der Waals surface area contributed by atoms with Gasteiger partial charge < -0.3 is 14.8 Å². The highest BCUT2D eigenvalue weighted by Crippen LogP contribution is 2.31. The summed E-state index contributed by atoms with van der Waals surface area (Å²) in [6, 6.07) is 3.33. The van der Waals surface area contributed by atoms with Gasteiger partial charge in [0.05, 0.1) is 13.7 Å². The maximum absolute atomic E-state index is 13.7. The topological polar surface area (TPSA) is 30.5 Å². The Morgan fingerprint density at radius 1 is 1.41 bits per heavy atom. The first-order chi connectivity index (χ1) is 8.26. The molecule has 1 aromatic rings. The Kier molecular flexibility index (Phi) is 3.97. The van der Waals surface area contributed by atoms with E-state index in [0.29, 0.717) is 12.5 Å². The van der Waals surface area contributed by atoms with E-state index < -0.39 is 0 Å². The van der Waals surface area contributed by atoms with E-state index in [1.807, 2.05) is 0 Å². The second-order valence-corrected chi connectivity index (χ2v) is 4.31. The molecule has 17 heavy (non-hydrogen) atoms. The van der Waals surface area contributed by atoms with Crippen molar-refractivity contribution < 1.29 is 13.9 Å². The van der Waals surface area contributed by atoms with E-state index in [2.05, 4.69) is 5.32 Å². The average Bonchev–Trinajstić information content (AvgIpc) is 2.84. The first-order valence-corrected chi connectivity index (χ1v) is 5.82. The quantitative estimate of drug-likeness (QED) is 0.872. The summed E-state index contributed by atoms with van der Waals surface area (Å²) in [7, 11) is 3.12. The van der Waals surface area contributed by atoms with E-state index in [-0.39, 0.29) is 11.6 Å². The van der Waals surface area contributed by atoms with Crippen LogP contribution >= 0.6 is 0 Å². The van der Waals surface area contributed by atoms with Crippen LogP contribution in [0.2, 0.25) is 0 Å². The Balaban J connectivity index is 2.37. The van der Waals surface area contributed by atoms with Crippen molar-refractivity contribution in [3.63, 3.8) is 0 Å². The van der Waals surface area contributed by atoms with Gasteiger partial charge in [-0.3, -0.25) is 0 Å². The molecular weight excluding hydrogens is 221 g/mol. The summed E-state index contributed by atoms with van der Waals surface area (Å²) in [6.45, 7) is 2.38. The van der Waals surface area contributed by atoms with Crippen LogP contribution in [-0.2, 0) is 11.3 Å². The fraction of sp³-hybridized carbons (Fsp3) is 0.538. The molecule has 0 spiro atoms. The van der Waals surface area contributed by atoms with Gasteiger partial charge in [0, 0.05) is 13.7 Å². The Morgan fingerprint density at radius 3 is 2.82 bits per heavy atom. The van der Waals surface area contributed by atoms with E-state index >= 15 is 0 Å². The molecule has 1 unspecified atom stereocenters. The monoisotopic (exact) mass is 239 g/mol. The third kappa shape index (κ3) is 2.58. The molecular formula is C13H18FNO2. The van der Waals surface area contributed by atoms with Crippen LogP contribution in [-0.4, -0.2) is 27.3 Å². The van der Waals surface area contributed by atoms with Gasteiger partial charge >= 0.3 is 0 Å². The Bertz CT molecular complexity index is 389. The molecule has 4 heteroatoms. The van der Waals surface area contributed by atoms with Gasteiger partial charge in [0.2, 0.25) is 0 Å². The third-order valence-electron chi connectivity index (χ3n) is 3.21. The minimum atomic E-state index is -0.297. The number of halogens is 1. The molecule has 2 rings (SSSR count). The first-order valence-electron chi connectivity index (χ1n) is 5.82. The molecule has 1 aliphatic heterocycles. The highest BCUT2D eigenvalue weighted by atomic mass is 19.1. The number of nitrogens with one attached hydrogen (secondary N) is 1. The van der Waals surface area contributed by atoms with Gasteiger partial charge in [0.15, 0.2) is 11.6 Å². The standard InChI is InChI=1S/C13H18FNO2/c1-16-8-10-5-13(17-2)12(14)6-11(10)9-3-4-15-7-9/h5-6,9,15H,3-4,7-8H2,1-2H3. The van der Waals surface area contributed by atoms with Gasteiger partial charge in [0.1, 0.15) is 0 Å². The Hall–Kier alpha value is -1.13. The molecule has 1 aliphatic rings. The van der Waals surface area contributed by atoms with Crippen molar-refractivity contribution in [1.82, 2.24) is 5.32 Å². The van der Waals surface area contributed by atoms with Crippen molar-refractivity contribution in [3.8, 4) is 5.75 Å². The van der Waals surface area contributed by atoms with Gasteiger partial charge in [-0.25, -0.2) is 4.39 Å². The van der Waals surface area contributed by atoms with Crippen LogP contribution in [0.25, 0.3) is 0 Å². The van der Waals surface area contributed by atoms with Crippen LogP contribution < -0.4 is 10.1 Å². The van der Waals surface area contributed by atoms with Crippen LogP contribution in [0.3, 0.4) is 0 Å². The molecule has 0 aliphatic carbocycles. The van der Waals surface area contributed by atoms with Crippen LogP contribution in [0.5, 0.6) is 5.75 Å². The number of benzene rings is 1.